The minimum absolute atomic E-state index is 0.466. The van der Waals surface area contributed by atoms with Gasteiger partial charge in [0.2, 0.25) is 0 Å². The fourth-order valence-electron chi connectivity index (χ4n) is 2.48. The van der Waals surface area contributed by atoms with Gasteiger partial charge in [0.1, 0.15) is 5.76 Å². The number of aromatic nitrogens is 1. The van der Waals surface area contributed by atoms with Crippen molar-refractivity contribution in [2.75, 3.05) is 0 Å². The summed E-state index contributed by atoms with van der Waals surface area (Å²) in [5.74, 6) is 1.06. The van der Waals surface area contributed by atoms with E-state index in [1.54, 1.807) is 6.26 Å². The van der Waals surface area contributed by atoms with Crippen LogP contribution in [0.2, 0.25) is 0 Å². The Morgan fingerprint density at radius 2 is 2.10 bits per heavy atom. The van der Waals surface area contributed by atoms with Crippen LogP contribution in [0.25, 0.3) is 10.9 Å². The SMILES string of the molecule is CC(CCc1ccco1)NCc1c[nH]c2ccccc12. The molecule has 1 unspecified atom stereocenters. The number of hydrogen-bond donors (Lipinski definition) is 2. The Bertz CT molecular complexity index is 655. The fourth-order valence-corrected chi connectivity index (χ4v) is 2.48. The van der Waals surface area contributed by atoms with E-state index in [9.17, 15) is 0 Å². The van der Waals surface area contributed by atoms with E-state index >= 15 is 0 Å². The Kier molecular flexibility index (Phi) is 3.88. The molecule has 2 N–H and O–H groups in total. The van der Waals surface area contributed by atoms with Gasteiger partial charge in [0, 0.05) is 36.1 Å². The molecule has 0 saturated carbocycles. The highest BCUT2D eigenvalue weighted by molar-refractivity contribution is 5.82. The lowest BCUT2D eigenvalue weighted by atomic mass is 10.1. The summed E-state index contributed by atoms with van der Waals surface area (Å²) in [6, 6.07) is 12.9. The molecule has 0 saturated heterocycles. The van der Waals surface area contributed by atoms with E-state index in [4.69, 9.17) is 4.42 Å². The molecule has 0 spiro atoms. The smallest absolute Gasteiger partial charge is 0.103 e. The minimum atomic E-state index is 0.466. The van der Waals surface area contributed by atoms with Crippen LogP contribution in [0.5, 0.6) is 0 Å². The van der Waals surface area contributed by atoms with Gasteiger partial charge in [-0.15, -0.1) is 0 Å². The van der Waals surface area contributed by atoms with E-state index in [2.05, 4.69) is 47.7 Å². The number of nitrogens with one attached hydrogen (secondary N) is 2. The van der Waals surface area contributed by atoms with Gasteiger partial charge in [-0.1, -0.05) is 18.2 Å². The van der Waals surface area contributed by atoms with Gasteiger partial charge in [0.15, 0.2) is 0 Å². The van der Waals surface area contributed by atoms with Gasteiger partial charge in [-0.3, -0.25) is 0 Å². The number of H-pyrrole nitrogens is 1. The average Bonchev–Trinajstić information content (AvgIpc) is 3.12. The number of furan rings is 1. The first-order chi connectivity index (χ1) is 9.83. The molecular weight excluding hydrogens is 248 g/mol. The molecule has 20 heavy (non-hydrogen) atoms. The third kappa shape index (κ3) is 2.94. The summed E-state index contributed by atoms with van der Waals surface area (Å²) in [4.78, 5) is 3.31. The number of aryl methyl sites for hydroxylation is 1. The first kappa shape index (κ1) is 13.0. The summed E-state index contributed by atoms with van der Waals surface area (Å²) in [7, 11) is 0. The molecule has 3 rings (SSSR count). The van der Waals surface area contributed by atoms with E-state index in [-0.39, 0.29) is 0 Å². The predicted octanol–water partition coefficient (Wildman–Crippen LogP) is 3.87. The monoisotopic (exact) mass is 268 g/mol. The Labute approximate surface area is 119 Å². The Morgan fingerprint density at radius 3 is 2.95 bits per heavy atom. The average molecular weight is 268 g/mol. The molecular formula is C17H20N2O. The first-order valence-corrected chi connectivity index (χ1v) is 7.13. The summed E-state index contributed by atoms with van der Waals surface area (Å²) in [5, 5.41) is 4.88. The molecule has 0 aliphatic rings. The molecule has 1 aromatic carbocycles. The molecule has 0 aliphatic carbocycles. The lowest BCUT2D eigenvalue weighted by Gasteiger charge is -2.12. The fraction of sp³-hybridized carbons (Fsp3) is 0.294. The zero-order chi connectivity index (χ0) is 13.8. The van der Waals surface area contributed by atoms with Gasteiger partial charge in [0.05, 0.1) is 6.26 Å². The molecule has 0 bridgehead atoms. The number of fused-ring (bicyclic) bond motifs is 1. The number of benzene rings is 1. The second-order valence-electron chi connectivity index (χ2n) is 5.26. The summed E-state index contributed by atoms with van der Waals surface area (Å²) in [6.07, 6.45) is 5.89. The van der Waals surface area contributed by atoms with E-state index in [1.807, 2.05) is 12.1 Å². The molecule has 3 heteroatoms. The van der Waals surface area contributed by atoms with Crippen LogP contribution in [0.4, 0.5) is 0 Å². The maximum absolute atomic E-state index is 5.36. The first-order valence-electron chi connectivity index (χ1n) is 7.13. The van der Waals surface area contributed by atoms with Gasteiger partial charge >= 0.3 is 0 Å². The molecule has 0 amide bonds. The van der Waals surface area contributed by atoms with Crippen LogP contribution in [-0.2, 0) is 13.0 Å². The molecule has 3 nitrogen and oxygen atoms in total. The molecule has 3 aromatic rings. The topological polar surface area (TPSA) is 41.0 Å². The highest BCUT2D eigenvalue weighted by atomic mass is 16.3. The van der Waals surface area contributed by atoms with Gasteiger partial charge in [0.25, 0.3) is 0 Å². The Hall–Kier alpha value is -2.00. The van der Waals surface area contributed by atoms with Crippen molar-refractivity contribution >= 4 is 10.9 Å². The summed E-state index contributed by atoms with van der Waals surface area (Å²) < 4.78 is 5.36. The number of hydrogen-bond acceptors (Lipinski definition) is 2. The van der Waals surface area contributed by atoms with Crippen molar-refractivity contribution in [3.8, 4) is 0 Å². The van der Waals surface area contributed by atoms with Gasteiger partial charge < -0.3 is 14.7 Å². The van der Waals surface area contributed by atoms with Crippen LogP contribution in [0.15, 0.2) is 53.3 Å². The van der Waals surface area contributed by atoms with Gasteiger partial charge in [-0.2, -0.15) is 0 Å². The standard InChI is InChI=1S/C17H20N2O/c1-13(8-9-15-5-4-10-20-15)18-11-14-12-19-17-7-3-2-6-16(14)17/h2-7,10,12-13,18-19H,8-9,11H2,1H3. The largest absolute Gasteiger partial charge is 0.469 e. The molecule has 104 valence electrons. The highest BCUT2D eigenvalue weighted by Crippen LogP contribution is 2.17. The Balaban J connectivity index is 1.53. The highest BCUT2D eigenvalue weighted by Gasteiger charge is 2.06. The van der Waals surface area contributed by atoms with Crippen molar-refractivity contribution < 1.29 is 4.42 Å². The molecule has 0 radical (unpaired) electrons. The quantitative estimate of drug-likeness (QED) is 0.712. The maximum atomic E-state index is 5.36. The zero-order valence-electron chi connectivity index (χ0n) is 11.7. The zero-order valence-corrected chi connectivity index (χ0v) is 11.7. The third-order valence-corrected chi connectivity index (χ3v) is 3.72. The summed E-state index contributed by atoms with van der Waals surface area (Å²) in [5.41, 5.74) is 2.53. The van der Waals surface area contributed by atoms with E-state index in [0.29, 0.717) is 6.04 Å². The third-order valence-electron chi connectivity index (χ3n) is 3.72. The molecule has 0 fully saturated rings. The van der Waals surface area contributed by atoms with Crippen molar-refractivity contribution in [3.05, 3.63) is 60.2 Å². The minimum Gasteiger partial charge on any atom is -0.469 e. The normalized spacial score (nSPS) is 12.8. The maximum Gasteiger partial charge on any atom is 0.103 e. The molecule has 1 atom stereocenters. The van der Waals surface area contributed by atoms with Crippen LogP contribution >= 0.6 is 0 Å². The van der Waals surface area contributed by atoms with Gasteiger partial charge in [-0.25, -0.2) is 0 Å². The Morgan fingerprint density at radius 1 is 1.20 bits per heavy atom. The second kappa shape index (κ2) is 5.97. The van der Waals surface area contributed by atoms with E-state index in [0.717, 1.165) is 25.1 Å². The molecule has 2 aromatic heterocycles. The van der Waals surface area contributed by atoms with Crippen LogP contribution in [-0.4, -0.2) is 11.0 Å². The number of aromatic amines is 1. The number of para-hydroxylation sites is 1. The van der Waals surface area contributed by atoms with Crippen molar-refractivity contribution in [2.45, 2.75) is 32.4 Å². The van der Waals surface area contributed by atoms with Crippen LogP contribution in [0.3, 0.4) is 0 Å². The van der Waals surface area contributed by atoms with Crippen molar-refractivity contribution in [1.82, 2.24) is 10.3 Å². The predicted molar refractivity (Wildman–Crippen MR) is 81.6 cm³/mol. The van der Waals surface area contributed by atoms with Crippen molar-refractivity contribution in [1.29, 1.82) is 0 Å². The lowest BCUT2D eigenvalue weighted by molar-refractivity contribution is 0.460. The summed E-state index contributed by atoms with van der Waals surface area (Å²) in [6.45, 7) is 3.11. The number of rotatable bonds is 6. The van der Waals surface area contributed by atoms with Crippen molar-refractivity contribution in [3.63, 3.8) is 0 Å². The van der Waals surface area contributed by atoms with Crippen molar-refractivity contribution in [2.24, 2.45) is 0 Å². The van der Waals surface area contributed by atoms with E-state index in [1.165, 1.54) is 16.5 Å². The molecule has 0 aliphatic heterocycles. The second-order valence-corrected chi connectivity index (χ2v) is 5.26. The van der Waals surface area contributed by atoms with Crippen LogP contribution in [0.1, 0.15) is 24.7 Å². The van der Waals surface area contributed by atoms with E-state index < -0.39 is 0 Å². The lowest BCUT2D eigenvalue weighted by Crippen LogP contribution is -2.25. The molecule has 2 heterocycles. The van der Waals surface area contributed by atoms with Crippen LogP contribution < -0.4 is 5.32 Å². The summed E-state index contributed by atoms with van der Waals surface area (Å²) >= 11 is 0. The van der Waals surface area contributed by atoms with Gasteiger partial charge in [-0.05, 0) is 37.1 Å². The van der Waals surface area contributed by atoms with Crippen LogP contribution in [0, 0.1) is 0 Å².